The molecule has 0 heterocycles. The lowest BCUT2D eigenvalue weighted by Crippen LogP contribution is -2.24. The van der Waals surface area contributed by atoms with Crippen LogP contribution in [0.25, 0.3) is 0 Å². The molecule has 1 unspecified atom stereocenters. The highest BCUT2D eigenvalue weighted by atomic mass is 79.9. The highest BCUT2D eigenvalue weighted by molar-refractivity contribution is 9.10. The number of benzene rings is 1. The molecule has 0 aliphatic carbocycles. The van der Waals surface area contributed by atoms with Gasteiger partial charge in [0.15, 0.2) is 0 Å². The van der Waals surface area contributed by atoms with Crippen LogP contribution in [0.3, 0.4) is 0 Å². The van der Waals surface area contributed by atoms with E-state index >= 15 is 0 Å². The zero-order valence-electron chi connectivity index (χ0n) is 12.1. The Morgan fingerprint density at radius 3 is 2.58 bits per heavy atom. The van der Waals surface area contributed by atoms with Crippen LogP contribution in [0, 0.1) is 5.92 Å². The van der Waals surface area contributed by atoms with Gasteiger partial charge in [0.25, 0.3) is 0 Å². The minimum Gasteiger partial charge on any atom is -0.495 e. The number of ether oxygens (including phenoxy) is 1. The fourth-order valence-electron chi connectivity index (χ4n) is 2.16. The summed E-state index contributed by atoms with van der Waals surface area (Å²) in [6, 6.07) is 4.14. The number of hydrogen-bond donors (Lipinski definition) is 1. The highest BCUT2D eigenvalue weighted by Crippen LogP contribution is 2.37. The summed E-state index contributed by atoms with van der Waals surface area (Å²) in [4.78, 5) is 0. The predicted molar refractivity (Wildman–Crippen MR) is 86.2 cm³/mol. The Kier molecular flexibility index (Phi) is 7.19. The molecule has 108 valence electrons. The zero-order valence-corrected chi connectivity index (χ0v) is 14.4. The number of hydrogen-bond acceptors (Lipinski definition) is 2. The molecular weight excluding hydrogens is 326 g/mol. The van der Waals surface area contributed by atoms with Gasteiger partial charge < -0.3 is 10.1 Å². The summed E-state index contributed by atoms with van der Waals surface area (Å²) in [5, 5.41) is 4.32. The summed E-state index contributed by atoms with van der Waals surface area (Å²) in [6.45, 7) is 7.62. The Balaban J connectivity index is 3.11. The van der Waals surface area contributed by atoms with Crippen LogP contribution in [0.2, 0.25) is 5.02 Å². The minimum atomic E-state index is 0.268. The Bertz CT molecular complexity index is 409. The molecule has 0 aliphatic heterocycles. The Morgan fingerprint density at radius 1 is 1.37 bits per heavy atom. The molecule has 0 amide bonds. The molecule has 0 spiro atoms. The van der Waals surface area contributed by atoms with E-state index in [-0.39, 0.29) is 6.04 Å². The first kappa shape index (κ1) is 16.8. The van der Waals surface area contributed by atoms with E-state index in [1.54, 1.807) is 7.11 Å². The summed E-state index contributed by atoms with van der Waals surface area (Å²) in [5.74, 6) is 1.48. The first-order chi connectivity index (χ1) is 8.99. The molecule has 0 radical (unpaired) electrons. The molecular formula is C15H23BrClNO. The molecule has 1 aromatic rings. The van der Waals surface area contributed by atoms with Crippen LogP contribution >= 0.6 is 27.5 Å². The molecule has 2 nitrogen and oxygen atoms in total. The zero-order chi connectivity index (χ0) is 14.4. The Hall–Kier alpha value is -0.250. The number of rotatable bonds is 7. The van der Waals surface area contributed by atoms with Gasteiger partial charge in [-0.25, -0.2) is 0 Å². The van der Waals surface area contributed by atoms with E-state index in [9.17, 15) is 0 Å². The Morgan fingerprint density at radius 2 is 2.05 bits per heavy atom. The van der Waals surface area contributed by atoms with Gasteiger partial charge in [-0.1, -0.05) is 32.4 Å². The van der Waals surface area contributed by atoms with Crippen LogP contribution in [0.5, 0.6) is 5.75 Å². The van der Waals surface area contributed by atoms with Gasteiger partial charge in [-0.3, -0.25) is 0 Å². The third kappa shape index (κ3) is 4.97. The molecule has 1 rings (SSSR count). The van der Waals surface area contributed by atoms with Crippen LogP contribution in [0.4, 0.5) is 0 Å². The third-order valence-corrected chi connectivity index (χ3v) is 3.77. The first-order valence-corrected chi connectivity index (χ1v) is 7.93. The predicted octanol–water partition coefficient (Wildman–Crippen LogP) is 5.20. The second kappa shape index (κ2) is 8.13. The van der Waals surface area contributed by atoms with Crippen molar-refractivity contribution in [3.8, 4) is 5.75 Å². The fraction of sp³-hybridized carbons (Fsp3) is 0.600. The summed E-state index contributed by atoms with van der Waals surface area (Å²) in [6.07, 6.45) is 2.17. The second-order valence-corrected chi connectivity index (χ2v) is 6.44. The van der Waals surface area contributed by atoms with Crippen molar-refractivity contribution in [1.82, 2.24) is 5.32 Å². The maximum absolute atomic E-state index is 6.18. The normalized spacial score (nSPS) is 12.8. The average molecular weight is 349 g/mol. The van der Waals surface area contributed by atoms with Gasteiger partial charge in [-0.15, -0.1) is 0 Å². The third-order valence-electron chi connectivity index (χ3n) is 2.96. The molecule has 0 bridgehead atoms. The van der Waals surface area contributed by atoms with Crippen molar-refractivity contribution >= 4 is 27.5 Å². The van der Waals surface area contributed by atoms with E-state index in [1.165, 1.54) is 0 Å². The quantitative estimate of drug-likeness (QED) is 0.731. The van der Waals surface area contributed by atoms with Crippen molar-refractivity contribution in [1.29, 1.82) is 0 Å². The fourth-order valence-corrected chi connectivity index (χ4v) is 3.16. The van der Waals surface area contributed by atoms with E-state index < -0.39 is 0 Å². The van der Waals surface area contributed by atoms with E-state index in [0.717, 1.165) is 40.2 Å². The molecule has 1 N–H and O–H groups in total. The maximum Gasteiger partial charge on any atom is 0.137 e. The average Bonchev–Trinajstić information content (AvgIpc) is 2.33. The lowest BCUT2D eigenvalue weighted by molar-refractivity contribution is 0.379. The number of halogens is 2. The molecule has 19 heavy (non-hydrogen) atoms. The van der Waals surface area contributed by atoms with Crippen molar-refractivity contribution < 1.29 is 4.74 Å². The van der Waals surface area contributed by atoms with Crippen molar-refractivity contribution in [3.05, 3.63) is 27.2 Å². The first-order valence-electron chi connectivity index (χ1n) is 6.75. The van der Waals surface area contributed by atoms with Gasteiger partial charge in [0.1, 0.15) is 5.75 Å². The number of methoxy groups -OCH3 is 1. The monoisotopic (exact) mass is 347 g/mol. The van der Waals surface area contributed by atoms with Crippen molar-refractivity contribution in [2.75, 3.05) is 13.7 Å². The van der Waals surface area contributed by atoms with E-state index in [2.05, 4.69) is 42.0 Å². The van der Waals surface area contributed by atoms with Crippen LogP contribution in [-0.4, -0.2) is 13.7 Å². The molecule has 4 heteroatoms. The van der Waals surface area contributed by atoms with Crippen LogP contribution in [0.1, 0.15) is 45.2 Å². The molecule has 0 saturated carbocycles. The lowest BCUT2D eigenvalue weighted by atomic mass is 9.96. The smallest absolute Gasteiger partial charge is 0.137 e. The van der Waals surface area contributed by atoms with E-state index in [0.29, 0.717) is 5.92 Å². The minimum absolute atomic E-state index is 0.268. The lowest BCUT2D eigenvalue weighted by Gasteiger charge is -2.24. The van der Waals surface area contributed by atoms with Gasteiger partial charge in [0, 0.05) is 16.6 Å². The standard InChI is InChI=1S/C15H23BrClNO/c1-5-6-18-14(7-10(2)3)12-8-11(17)9-13(16)15(12)19-4/h8-10,14,18H,5-7H2,1-4H3. The van der Waals surface area contributed by atoms with Gasteiger partial charge in [0.2, 0.25) is 0 Å². The molecule has 1 aromatic carbocycles. The topological polar surface area (TPSA) is 21.3 Å². The van der Waals surface area contributed by atoms with Crippen molar-refractivity contribution in [2.45, 2.75) is 39.7 Å². The van der Waals surface area contributed by atoms with Crippen molar-refractivity contribution in [2.24, 2.45) is 5.92 Å². The summed E-state index contributed by atoms with van der Waals surface area (Å²) < 4.78 is 6.44. The molecule has 0 aromatic heterocycles. The van der Waals surface area contributed by atoms with Gasteiger partial charge in [-0.2, -0.15) is 0 Å². The van der Waals surface area contributed by atoms with E-state index in [4.69, 9.17) is 16.3 Å². The largest absolute Gasteiger partial charge is 0.495 e. The summed E-state index contributed by atoms with van der Waals surface area (Å²) in [5.41, 5.74) is 1.13. The van der Waals surface area contributed by atoms with E-state index in [1.807, 2.05) is 12.1 Å². The highest BCUT2D eigenvalue weighted by Gasteiger charge is 2.19. The molecule has 1 atom stereocenters. The SMILES string of the molecule is CCCNC(CC(C)C)c1cc(Cl)cc(Br)c1OC. The molecule has 0 fully saturated rings. The van der Waals surface area contributed by atoms with Crippen LogP contribution in [0.15, 0.2) is 16.6 Å². The number of nitrogens with one attached hydrogen (secondary N) is 1. The summed E-state index contributed by atoms with van der Waals surface area (Å²) >= 11 is 9.70. The second-order valence-electron chi connectivity index (χ2n) is 5.15. The van der Waals surface area contributed by atoms with Gasteiger partial charge in [-0.05, 0) is 53.4 Å². The maximum atomic E-state index is 6.18. The van der Waals surface area contributed by atoms with Gasteiger partial charge >= 0.3 is 0 Å². The summed E-state index contributed by atoms with van der Waals surface area (Å²) in [7, 11) is 1.70. The van der Waals surface area contributed by atoms with Crippen LogP contribution < -0.4 is 10.1 Å². The van der Waals surface area contributed by atoms with Gasteiger partial charge in [0.05, 0.1) is 11.6 Å². The van der Waals surface area contributed by atoms with Crippen molar-refractivity contribution in [3.63, 3.8) is 0 Å². The molecule has 0 aliphatic rings. The molecule has 0 saturated heterocycles. The Labute approximate surface area is 130 Å². The van der Waals surface area contributed by atoms with Crippen LogP contribution in [-0.2, 0) is 0 Å².